The van der Waals surface area contributed by atoms with Gasteiger partial charge in [-0.1, -0.05) is 11.6 Å². The molecule has 2 amide bonds. The second-order valence-corrected chi connectivity index (χ2v) is 8.80. The van der Waals surface area contributed by atoms with Gasteiger partial charge in [-0.2, -0.15) is 23.1 Å². The maximum absolute atomic E-state index is 13.6. The largest absolute Gasteiger partial charge is 1.00 e. The van der Waals surface area contributed by atoms with Crippen LogP contribution in [-0.4, -0.2) is 29.0 Å². The molecule has 2 aromatic carbocycles. The molecule has 0 bridgehead atoms. The third kappa shape index (κ3) is 9.59. The molecule has 0 radical (unpaired) electrons. The van der Waals surface area contributed by atoms with Crippen LogP contribution in [0.1, 0.15) is 0 Å². The standard InChI is InChI=1S/C17H12ClF2N7O7S2.2Na/c18-13-14(19)24-16(20)25-15(13)22-7-1-3-9(11(5-7)23-17(21)28)26-27-10-4-2-8(35-34-33-29)6-12(10)36(30,31)32;;/h1-6,29H,(H3,21,23,28)(H,22,24,25)(H,30,31,32);;/q;2*+1/p-2. The van der Waals surface area contributed by atoms with Crippen molar-refractivity contribution in [1.82, 2.24) is 9.97 Å². The average Bonchev–Trinajstić information content (AvgIpc) is 2.79. The van der Waals surface area contributed by atoms with E-state index in [2.05, 4.69) is 40.2 Å². The number of aromatic nitrogens is 2. The average molecular weight is 608 g/mol. The first kappa shape index (κ1) is 34.5. The van der Waals surface area contributed by atoms with Crippen LogP contribution in [-0.2, 0) is 19.5 Å². The predicted octanol–water partition coefficient (Wildman–Crippen LogP) is -2.80. The molecule has 38 heavy (non-hydrogen) atoms. The molecule has 3 rings (SSSR count). The summed E-state index contributed by atoms with van der Waals surface area (Å²) in [5.74, 6) is -1.73. The topological polar surface area (TPSA) is 216 Å². The van der Waals surface area contributed by atoms with Gasteiger partial charge in [0.25, 0.3) is 0 Å². The van der Waals surface area contributed by atoms with Crippen LogP contribution in [0.3, 0.4) is 0 Å². The van der Waals surface area contributed by atoms with E-state index in [1.807, 2.05) is 0 Å². The molecule has 3 aromatic rings. The third-order valence-electron chi connectivity index (χ3n) is 3.92. The normalized spacial score (nSPS) is 11.0. The summed E-state index contributed by atoms with van der Waals surface area (Å²) in [6.45, 7) is 0. The van der Waals surface area contributed by atoms with Crippen LogP contribution in [0.25, 0.3) is 0 Å². The van der Waals surface area contributed by atoms with Gasteiger partial charge in [0.15, 0.2) is 5.82 Å². The number of carbonyl (C=O) groups excluding carboxylic acids is 1. The van der Waals surface area contributed by atoms with E-state index in [9.17, 15) is 31.8 Å². The van der Waals surface area contributed by atoms with Gasteiger partial charge in [0.2, 0.25) is 5.95 Å². The Kier molecular flexibility index (Phi) is 13.9. The van der Waals surface area contributed by atoms with Crippen molar-refractivity contribution in [3.63, 3.8) is 0 Å². The number of rotatable bonds is 9. The van der Waals surface area contributed by atoms with Crippen molar-refractivity contribution in [2.45, 2.75) is 9.79 Å². The van der Waals surface area contributed by atoms with Gasteiger partial charge in [0.05, 0.1) is 22.6 Å². The van der Waals surface area contributed by atoms with Crippen LogP contribution in [0.15, 0.2) is 56.4 Å². The molecule has 14 nitrogen and oxygen atoms in total. The van der Waals surface area contributed by atoms with E-state index >= 15 is 0 Å². The molecule has 0 aliphatic rings. The first-order valence-corrected chi connectivity index (χ1v) is 11.5. The predicted molar refractivity (Wildman–Crippen MR) is 116 cm³/mol. The number of halogens is 3. The first-order chi connectivity index (χ1) is 17.0. The Balaban J connectivity index is 0.00000361. The summed E-state index contributed by atoms with van der Waals surface area (Å²) in [4.78, 5) is 16.8. The zero-order valence-corrected chi connectivity index (χ0v) is 25.5. The van der Waals surface area contributed by atoms with Crippen molar-refractivity contribution in [1.29, 1.82) is 0 Å². The Morgan fingerprint density at radius 3 is 2.39 bits per heavy atom. The maximum atomic E-state index is 13.6. The number of primary amides is 1. The van der Waals surface area contributed by atoms with Crippen molar-refractivity contribution in [3.8, 4) is 0 Å². The van der Waals surface area contributed by atoms with Crippen LogP contribution >= 0.6 is 23.6 Å². The third-order valence-corrected chi connectivity index (χ3v) is 5.70. The van der Waals surface area contributed by atoms with E-state index in [0.717, 1.165) is 12.1 Å². The minimum Gasteiger partial charge on any atom is -0.744 e. The van der Waals surface area contributed by atoms with Crippen LogP contribution < -0.4 is 80.7 Å². The molecule has 0 spiro atoms. The zero-order chi connectivity index (χ0) is 26.5. The summed E-state index contributed by atoms with van der Waals surface area (Å²) in [5, 5.41) is 24.8. The van der Waals surface area contributed by atoms with E-state index in [1.54, 1.807) is 0 Å². The summed E-state index contributed by atoms with van der Waals surface area (Å²) in [6.07, 6.45) is -1.39. The molecule has 1 heterocycles. The van der Waals surface area contributed by atoms with Gasteiger partial charge in [-0.3, -0.25) is 5.04 Å². The molecule has 1 aromatic heterocycles. The van der Waals surface area contributed by atoms with Gasteiger partial charge in [-0.15, -0.1) is 10.2 Å². The number of hydrogen-bond donors (Lipinski definition) is 3. The Bertz CT molecular complexity index is 1460. The Labute approximate surface area is 266 Å². The second kappa shape index (κ2) is 15.3. The van der Waals surface area contributed by atoms with Gasteiger partial charge in [-0.05, 0) is 36.4 Å². The number of hydrogen-bond acceptors (Lipinski definition) is 13. The molecule has 0 unspecified atom stereocenters. The number of azo groups is 1. The molecule has 0 aliphatic carbocycles. The fourth-order valence-corrected chi connectivity index (χ4v) is 3.78. The van der Waals surface area contributed by atoms with Gasteiger partial charge in [-0.25, -0.2) is 13.2 Å². The molecule has 0 atom stereocenters. The molecule has 0 saturated carbocycles. The molecular weight excluding hydrogens is 598 g/mol. The molecule has 21 heteroatoms. The summed E-state index contributed by atoms with van der Waals surface area (Å²) in [7, 11) is -5.04. The molecule has 0 aliphatic heterocycles. The van der Waals surface area contributed by atoms with E-state index in [4.69, 9.17) is 17.3 Å². The molecule has 0 fully saturated rings. The second-order valence-electron chi connectivity index (χ2n) is 6.30. The van der Waals surface area contributed by atoms with Crippen molar-refractivity contribution >= 4 is 68.4 Å². The summed E-state index contributed by atoms with van der Waals surface area (Å²) >= 11 is 6.06. The first-order valence-electron chi connectivity index (χ1n) is 8.99. The Morgan fingerprint density at radius 2 is 1.76 bits per heavy atom. The van der Waals surface area contributed by atoms with Crippen LogP contribution in [0.4, 0.5) is 42.1 Å². The molecule has 4 N–H and O–H groups in total. The van der Waals surface area contributed by atoms with Crippen molar-refractivity contribution in [3.05, 3.63) is 53.4 Å². The summed E-state index contributed by atoms with van der Waals surface area (Å²) < 4.78 is 65.9. The smallest absolute Gasteiger partial charge is 0.744 e. The van der Waals surface area contributed by atoms with E-state index in [-0.39, 0.29) is 86.8 Å². The molecule has 0 saturated heterocycles. The van der Waals surface area contributed by atoms with Crippen LogP contribution in [0.2, 0.25) is 5.02 Å². The number of nitrogens with one attached hydrogen (secondary N) is 2. The van der Waals surface area contributed by atoms with Gasteiger partial charge >= 0.3 is 71.2 Å². The van der Waals surface area contributed by atoms with Gasteiger partial charge < -0.3 is 26.2 Å². The van der Waals surface area contributed by atoms with Crippen molar-refractivity contribution in [2.75, 3.05) is 10.6 Å². The van der Waals surface area contributed by atoms with Crippen LogP contribution in [0.5, 0.6) is 0 Å². The number of carbonyl (C=O) groups is 1. The van der Waals surface area contributed by atoms with Crippen molar-refractivity contribution < 1.29 is 100 Å². The number of benzene rings is 2. The number of anilines is 3. The SMILES string of the molecule is NC(=O)Nc1cc(Nc2nc(F)nc(F)c2Cl)ccc1N=Nc1ccc(SOO[O-])cc1S(=O)(=O)[O-].[Na+].[Na+]. The van der Waals surface area contributed by atoms with Crippen LogP contribution in [0, 0.1) is 12.0 Å². The number of amides is 2. The van der Waals surface area contributed by atoms with Gasteiger partial charge in [0.1, 0.15) is 26.5 Å². The quantitative estimate of drug-likeness (QED) is 0.0330. The maximum Gasteiger partial charge on any atom is 1.00 e. The fourth-order valence-electron chi connectivity index (χ4n) is 2.54. The summed E-state index contributed by atoms with van der Waals surface area (Å²) in [5.41, 5.74) is 4.73. The minimum absolute atomic E-state index is 0. The molecular formula is C17H10ClF2N7Na2O7S2. The fraction of sp³-hybridized carbons (Fsp3) is 0. The monoisotopic (exact) mass is 607 g/mol. The van der Waals surface area contributed by atoms with E-state index < -0.39 is 43.9 Å². The van der Waals surface area contributed by atoms with Crippen molar-refractivity contribution in [2.24, 2.45) is 16.0 Å². The van der Waals surface area contributed by atoms with E-state index in [0.29, 0.717) is 12.0 Å². The number of urea groups is 1. The van der Waals surface area contributed by atoms with E-state index in [1.165, 1.54) is 24.3 Å². The minimum atomic E-state index is -5.04. The Hall–Kier alpha value is -1.52. The number of nitrogens with zero attached hydrogens (tertiary/aromatic N) is 4. The molecule has 190 valence electrons. The zero-order valence-electron chi connectivity index (χ0n) is 19.1. The number of nitrogens with two attached hydrogens (primary N) is 1. The van der Waals surface area contributed by atoms with Gasteiger partial charge in [0, 0.05) is 10.6 Å². The Morgan fingerprint density at radius 1 is 1.11 bits per heavy atom. The summed E-state index contributed by atoms with van der Waals surface area (Å²) in [6, 6.07) is 6.01.